The van der Waals surface area contributed by atoms with Gasteiger partial charge in [0.15, 0.2) is 0 Å². The zero-order valence-corrected chi connectivity index (χ0v) is 17.7. The summed E-state index contributed by atoms with van der Waals surface area (Å²) < 4.78 is 0. The summed E-state index contributed by atoms with van der Waals surface area (Å²) in [5.41, 5.74) is 6.65. The molecule has 0 saturated heterocycles. The van der Waals surface area contributed by atoms with Crippen LogP contribution in [0.25, 0.3) is 34.0 Å². The molecule has 2 aromatic heterocycles. The summed E-state index contributed by atoms with van der Waals surface area (Å²) in [4.78, 5) is 16.0. The monoisotopic (exact) mass is 430 g/mol. The number of nitrogens with zero attached hydrogens (tertiary/aromatic N) is 2. The van der Waals surface area contributed by atoms with Gasteiger partial charge in [0.2, 0.25) is 0 Å². The summed E-state index contributed by atoms with van der Waals surface area (Å²) in [6, 6.07) is 17.2. The van der Waals surface area contributed by atoms with E-state index in [2.05, 4.69) is 91.3 Å². The van der Waals surface area contributed by atoms with E-state index in [1.54, 1.807) is 0 Å². The molecule has 31 heavy (non-hydrogen) atoms. The summed E-state index contributed by atoms with van der Waals surface area (Å²) in [6.45, 7) is 3.54. The molecule has 156 valence electrons. The normalized spacial score (nSPS) is 15.7. The van der Waals surface area contributed by atoms with Crippen molar-refractivity contribution in [2.24, 2.45) is 9.98 Å². The van der Waals surface area contributed by atoms with Gasteiger partial charge in [-0.2, -0.15) is 0 Å². The van der Waals surface area contributed by atoms with Gasteiger partial charge in [0, 0.05) is 57.4 Å². The summed E-state index contributed by atoms with van der Waals surface area (Å²) in [5, 5.41) is 9.06. The van der Waals surface area contributed by atoms with E-state index in [9.17, 15) is 0 Å². The van der Waals surface area contributed by atoms with Crippen LogP contribution in [0.1, 0.15) is 22.5 Å². The minimum Gasteiger partial charge on any atom is -0.368 e. The third kappa shape index (κ3) is 3.70. The van der Waals surface area contributed by atoms with Crippen molar-refractivity contribution in [3.05, 3.63) is 71.0 Å². The number of rotatable bonds is 4. The lowest BCUT2D eigenvalue weighted by molar-refractivity contribution is 0.960. The molecule has 0 atom stereocenters. The largest absolute Gasteiger partial charge is 0.368 e. The summed E-state index contributed by atoms with van der Waals surface area (Å²) in [5.74, 6) is 1.97. The van der Waals surface area contributed by atoms with Gasteiger partial charge in [-0.1, -0.05) is 24.3 Å². The van der Waals surface area contributed by atoms with E-state index in [0.29, 0.717) is 0 Å². The Kier molecular flexibility index (Phi) is 5.00. The lowest BCUT2D eigenvalue weighted by Gasteiger charge is -2.01. The van der Waals surface area contributed by atoms with E-state index in [1.807, 2.05) is 0 Å². The number of halogens is 1. The number of hydrogen-bond donors (Lipinski definition) is 4. The van der Waals surface area contributed by atoms with E-state index in [0.717, 1.165) is 71.4 Å². The number of benzene rings is 2. The topological polar surface area (TPSA) is 80.4 Å². The average Bonchev–Trinajstić information content (AvgIpc) is 3.56. The number of H-pyrrole nitrogens is 2. The fraction of sp³-hybridized carbons (Fsp3) is 0.167. The zero-order chi connectivity index (χ0) is 19.9. The predicted octanol–water partition coefficient (Wildman–Crippen LogP) is 3.94. The lowest BCUT2D eigenvalue weighted by atomic mass is 10.1. The van der Waals surface area contributed by atoms with Crippen LogP contribution >= 0.6 is 12.4 Å². The first-order valence-corrected chi connectivity index (χ1v) is 10.3. The predicted molar refractivity (Wildman–Crippen MR) is 132 cm³/mol. The molecule has 4 aromatic rings. The molecule has 0 unspecified atom stereocenters. The Morgan fingerprint density at radius 3 is 1.55 bits per heavy atom. The highest BCUT2D eigenvalue weighted by atomic mass is 35.5. The molecule has 6 rings (SSSR count). The number of fused-ring (bicyclic) bond motifs is 2. The maximum absolute atomic E-state index is 4.51. The van der Waals surface area contributed by atoms with Gasteiger partial charge in [0.05, 0.1) is 13.1 Å². The highest BCUT2D eigenvalue weighted by Crippen LogP contribution is 2.22. The Hall–Kier alpha value is -3.51. The van der Waals surface area contributed by atoms with Crippen molar-refractivity contribution in [2.45, 2.75) is 0 Å². The first-order valence-electron chi connectivity index (χ1n) is 10.3. The van der Waals surface area contributed by atoms with Crippen LogP contribution in [0, 0.1) is 0 Å². The maximum atomic E-state index is 4.51. The smallest absolute Gasteiger partial charge is 0.128 e. The first kappa shape index (κ1) is 19.5. The Morgan fingerprint density at radius 2 is 1.13 bits per heavy atom. The Morgan fingerprint density at radius 1 is 0.645 bits per heavy atom. The second kappa shape index (κ2) is 7.96. The highest BCUT2D eigenvalue weighted by Gasteiger charge is 2.10. The summed E-state index contributed by atoms with van der Waals surface area (Å²) in [7, 11) is 0. The van der Waals surface area contributed by atoms with Gasteiger partial charge in [-0.25, -0.2) is 0 Å². The van der Waals surface area contributed by atoms with Crippen molar-refractivity contribution in [1.82, 2.24) is 20.6 Å². The molecule has 6 nitrogen and oxygen atoms in total. The number of aliphatic imine (C=N–C) groups is 2. The number of nitrogens with one attached hydrogen (secondary N) is 4. The molecule has 4 N–H and O–H groups in total. The highest BCUT2D eigenvalue weighted by molar-refractivity contribution is 6.03. The number of aromatic amines is 2. The number of amidine groups is 2. The van der Waals surface area contributed by atoms with Crippen molar-refractivity contribution >= 4 is 58.0 Å². The molecule has 0 spiro atoms. The number of hydrogen-bond acceptors (Lipinski definition) is 4. The first-order chi connectivity index (χ1) is 14.8. The second-order valence-electron chi connectivity index (χ2n) is 7.70. The van der Waals surface area contributed by atoms with E-state index < -0.39 is 0 Å². The van der Waals surface area contributed by atoms with Crippen LogP contribution < -0.4 is 10.6 Å². The molecule has 0 fully saturated rings. The standard InChI is InChI=1S/C24H22N6.ClH/c1-3-17(23-25-7-8-26-23)13-21-15(1)11-19(29-21)5-6-20-12-16-2-4-18(14-22(16)30-20)24-27-9-10-28-24;/h1-6,11-14,29-30H,7-10H2,(H,25,26)(H,27,28);1H/b6-5+;. The minimum absolute atomic E-state index is 0. The fourth-order valence-corrected chi connectivity index (χ4v) is 4.14. The van der Waals surface area contributed by atoms with E-state index in [4.69, 9.17) is 0 Å². The molecule has 0 saturated carbocycles. The van der Waals surface area contributed by atoms with Crippen molar-refractivity contribution in [2.75, 3.05) is 26.2 Å². The average molecular weight is 431 g/mol. The van der Waals surface area contributed by atoms with Gasteiger partial charge in [0.1, 0.15) is 11.7 Å². The Balaban J connectivity index is 0.00000204. The van der Waals surface area contributed by atoms with Crippen molar-refractivity contribution in [1.29, 1.82) is 0 Å². The van der Waals surface area contributed by atoms with Crippen LogP contribution in [-0.4, -0.2) is 47.8 Å². The molecule has 2 aromatic carbocycles. The van der Waals surface area contributed by atoms with Gasteiger partial charge in [-0.15, -0.1) is 12.4 Å². The van der Waals surface area contributed by atoms with Gasteiger partial charge in [-0.3, -0.25) is 9.98 Å². The summed E-state index contributed by atoms with van der Waals surface area (Å²) in [6.07, 6.45) is 4.22. The van der Waals surface area contributed by atoms with Crippen molar-refractivity contribution in [3.63, 3.8) is 0 Å². The molecule has 7 heteroatoms. The molecule has 0 amide bonds. The molecule has 4 heterocycles. The summed E-state index contributed by atoms with van der Waals surface area (Å²) >= 11 is 0. The Bertz CT molecular complexity index is 1250. The second-order valence-corrected chi connectivity index (χ2v) is 7.70. The van der Waals surface area contributed by atoms with E-state index >= 15 is 0 Å². The van der Waals surface area contributed by atoms with Crippen molar-refractivity contribution < 1.29 is 0 Å². The quantitative estimate of drug-likeness (QED) is 0.395. The van der Waals surface area contributed by atoms with Crippen LogP contribution in [0.4, 0.5) is 0 Å². The Labute approximate surface area is 186 Å². The van der Waals surface area contributed by atoms with Crippen LogP contribution in [0.2, 0.25) is 0 Å². The van der Waals surface area contributed by atoms with Crippen LogP contribution in [0.5, 0.6) is 0 Å². The maximum Gasteiger partial charge on any atom is 0.128 e. The zero-order valence-electron chi connectivity index (χ0n) is 16.9. The molecule has 0 radical (unpaired) electrons. The van der Waals surface area contributed by atoms with Gasteiger partial charge in [0.25, 0.3) is 0 Å². The molecule has 0 bridgehead atoms. The minimum atomic E-state index is 0. The van der Waals surface area contributed by atoms with Crippen LogP contribution in [-0.2, 0) is 0 Å². The molecule has 0 aliphatic carbocycles. The third-order valence-electron chi connectivity index (χ3n) is 5.62. The molecule has 2 aliphatic heterocycles. The van der Waals surface area contributed by atoms with E-state index in [-0.39, 0.29) is 12.4 Å². The van der Waals surface area contributed by atoms with Crippen molar-refractivity contribution in [3.8, 4) is 0 Å². The SMILES string of the molecule is C(=C\c1cc2ccc(C3=NCCN3)cc2[nH]1)/c1cc2ccc(C3=NCCN3)cc2[nH]1.Cl. The molecular weight excluding hydrogens is 408 g/mol. The van der Waals surface area contributed by atoms with Crippen LogP contribution in [0.15, 0.2) is 58.5 Å². The van der Waals surface area contributed by atoms with Crippen LogP contribution in [0.3, 0.4) is 0 Å². The fourth-order valence-electron chi connectivity index (χ4n) is 4.14. The lowest BCUT2D eigenvalue weighted by Crippen LogP contribution is -2.19. The molecular formula is C24H23ClN6. The van der Waals surface area contributed by atoms with Gasteiger partial charge < -0.3 is 20.6 Å². The van der Waals surface area contributed by atoms with Gasteiger partial charge >= 0.3 is 0 Å². The third-order valence-corrected chi connectivity index (χ3v) is 5.62. The van der Waals surface area contributed by atoms with Gasteiger partial charge in [-0.05, 0) is 36.4 Å². The number of aromatic nitrogens is 2. The van der Waals surface area contributed by atoms with E-state index in [1.165, 1.54) is 10.8 Å². The molecule has 2 aliphatic rings.